The second kappa shape index (κ2) is 6.29. The summed E-state index contributed by atoms with van der Waals surface area (Å²) in [7, 11) is 1.70. The summed E-state index contributed by atoms with van der Waals surface area (Å²) in [5, 5.41) is 0. The van der Waals surface area contributed by atoms with E-state index in [4.69, 9.17) is 10.5 Å². The number of methoxy groups -OCH3 is 1. The van der Waals surface area contributed by atoms with Crippen molar-refractivity contribution in [2.24, 2.45) is 11.8 Å². The third kappa shape index (κ3) is 3.63. The fourth-order valence-corrected chi connectivity index (χ4v) is 2.86. The molecule has 0 radical (unpaired) electrons. The fourth-order valence-electron chi connectivity index (χ4n) is 2.86. The molecule has 106 valence electrons. The van der Waals surface area contributed by atoms with E-state index in [1.807, 2.05) is 12.1 Å². The predicted molar refractivity (Wildman–Crippen MR) is 80.2 cm³/mol. The molecule has 1 aromatic rings. The number of piperidine rings is 1. The Morgan fingerprint density at radius 3 is 2.58 bits per heavy atom. The Hall–Kier alpha value is -1.22. The number of hydrogen-bond donors (Lipinski definition) is 1. The molecule has 2 rings (SSSR count). The highest BCUT2D eigenvalue weighted by molar-refractivity contribution is 5.50. The third-order valence-corrected chi connectivity index (χ3v) is 4.32. The molecule has 0 aromatic heterocycles. The van der Waals surface area contributed by atoms with Crippen molar-refractivity contribution in [3.8, 4) is 5.75 Å². The Bertz CT molecular complexity index is 409. The number of ether oxygens (including phenoxy) is 1. The van der Waals surface area contributed by atoms with Gasteiger partial charge in [-0.25, -0.2) is 0 Å². The zero-order chi connectivity index (χ0) is 13.8. The van der Waals surface area contributed by atoms with Crippen LogP contribution >= 0.6 is 0 Å². The highest BCUT2D eigenvalue weighted by Gasteiger charge is 2.21. The molecular formula is C16H26N2O. The maximum absolute atomic E-state index is 6.05. The first-order valence-electron chi connectivity index (χ1n) is 7.25. The Kier molecular flexibility index (Phi) is 4.70. The number of anilines is 1. The molecule has 0 saturated carbocycles. The van der Waals surface area contributed by atoms with Crippen molar-refractivity contribution in [2.75, 3.05) is 25.9 Å². The van der Waals surface area contributed by atoms with Gasteiger partial charge in [-0.3, -0.25) is 4.90 Å². The van der Waals surface area contributed by atoms with E-state index in [1.54, 1.807) is 7.11 Å². The van der Waals surface area contributed by atoms with Crippen molar-refractivity contribution in [2.45, 2.75) is 33.2 Å². The summed E-state index contributed by atoms with van der Waals surface area (Å²) in [5.74, 6) is 2.59. The van der Waals surface area contributed by atoms with E-state index in [0.717, 1.165) is 29.8 Å². The van der Waals surface area contributed by atoms with Crippen LogP contribution in [0.4, 0.5) is 5.69 Å². The topological polar surface area (TPSA) is 38.5 Å². The van der Waals surface area contributed by atoms with Crippen LogP contribution in [0.25, 0.3) is 0 Å². The maximum atomic E-state index is 6.05. The molecule has 1 aromatic carbocycles. The fraction of sp³-hybridized carbons (Fsp3) is 0.625. The number of nitrogens with zero attached hydrogens (tertiary/aromatic N) is 1. The van der Waals surface area contributed by atoms with E-state index in [2.05, 4.69) is 24.8 Å². The quantitative estimate of drug-likeness (QED) is 0.847. The molecule has 0 bridgehead atoms. The van der Waals surface area contributed by atoms with Gasteiger partial charge in [-0.2, -0.15) is 0 Å². The van der Waals surface area contributed by atoms with Crippen molar-refractivity contribution in [3.05, 3.63) is 23.8 Å². The molecule has 0 amide bonds. The Morgan fingerprint density at radius 2 is 2.00 bits per heavy atom. The summed E-state index contributed by atoms with van der Waals surface area (Å²) in [6, 6.07) is 5.92. The van der Waals surface area contributed by atoms with E-state index in [-0.39, 0.29) is 0 Å². The Morgan fingerprint density at radius 1 is 1.32 bits per heavy atom. The van der Waals surface area contributed by atoms with E-state index in [9.17, 15) is 0 Å². The molecule has 19 heavy (non-hydrogen) atoms. The van der Waals surface area contributed by atoms with Crippen LogP contribution < -0.4 is 10.5 Å². The minimum Gasteiger partial charge on any atom is -0.497 e. The first kappa shape index (κ1) is 14.2. The van der Waals surface area contributed by atoms with Gasteiger partial charge in [0, 0.05) is 12.2 Å². The Labute approximate surface area is 116 Å². The molecule has 3 nitrogen and oxygen atoms in total. The molecule has 1 heterocycles. The second-order valence-corrected chi connectivity index (χ2v) is 5.92. The second-order valence-electron chi connectivity index (χ2n) is 5.92. The van der Waals surface area contributed by atoms with Crippen LogP contribution in [-0.4, -0.2) is 25.1 Å². The number of likely N-dealkylation sites (tertiary alicyclic amines) is 1. The van der Waals surface area contributed by atoms with Crippen LogP contribution in [0.5, 0.6) is 5.75 Å². The summed E-state index contributed by atoms with van der Waals surface area (Å²) in [5.41, 5.74) is 8.10. The number of hydrogen-bond acceptors (Lipinski definition) is 3. The van der Waals surface area contributed by atoms with Crippen LogP contribution in [-0.2, 0) is 6.54 Å². The van der Waals surface area contributed by atoms with Gasteiger partial charge in [0.2, 0.25) is 0 Å². The number of nitrogen functional groups attached to an aromatic ring is 1. The average molecular weight is 262 g/mol. The van der Waals surface area contributed by atoms with Gasteiger partial charge in [0.15, 0.2) is 0 Å². The predicted octanol–water partition coefficient (Wildman–Crippen LogP) is 3.15. The standard InChI is InChI=1S/C16H26N2O/c1-12(2)13-6-8-18(9-7-13)11-14-10-15(19-3)4-5-16(14)17/h4-5,10,12-13H,6-9,11,17H2,1-3H3. The minimum atomic E-state index is 0.809. The number of benzene rings is 1. The molecule has 3 heteroatoms. The largest absolute Gasteiger partial charge is 0.497 e. The summed E-state index contributed by atoms with van der Waals surface area (Å²) in [6.45, 7) is 7.97. The van der Waals surface area contributed by atoms with Crippen LogP contribution in [0.2, 0.25) is 0 Å². The van der Waals surface area contributed by atoms with Crippen LogP contribution in [0.1, 0.15) is 32.3 Å². The lowest BCUT2D eigenvalue weighted by molar-refractivity contribution is 0.152. The average Bonchev–Trinajstić information content (AvgIpc) is 2.42. The van der Waals surface area contributed by atoms with Crippen molar-refractivity contribution >= 4 is 5.69 Å². The number of rotatable bonds is 4. The molecule has 0 atom stereocenters. The molecular weight excluding hydrogens is 236 g/mol. The monoisotopic (exact) mass is 262 g/mol. The van der Waals surface area contributed by atoms with Crippen molar-refractivity contribution in [1.29, 1.82) is 0 Å². The van der Waals surface area contributed by atoms with E-state index in [1.165, 1.54) is 31.5 Å². The van der Waals surface area contributed by atoms with Gasteiger partial charge in [-0.1, -0.05) is 13.8 Å². The number of nitrogens with two attached hydrogens (primary N) is 1. The van der Waals surface area contributed by atoms with Crippen LogP contribution in [0.3, 0.4) is 0 Å². The SMILES string of the molecule is COc1ccc(N)c(CN2CCC(C(C)C)CC2)c1. The van der Waals surface area contributed by atoms with Gasteiger partial charge < -0.3 is 10.5 Å². The lowest BCUT2D eigenvalue weighted by atomic mass is 9.86. The van der Waals surface area contributed by atoms with Crippen molar-refractivity contribution in [3.63, 3.8) is 0 Å². The van der Waals surface area contributed by atoms with Gasteiger partial charge in [0.25, 0.3) is 0 Å². The van der Waals surface area contributed by atoms with Crippen LogP contribution in [0.15, 0.2) is 18.2 Å². The third-order valence-electron chi connectivity index (χ3n) is 4.32. The highest BCUT2D eigenvalue weighted by atomic mass is 16.5. The van der Waals surface area contributed by atoms with Gasteiger partial charge in [0.05, 0.1) is 7.11 Å². The normalized spacial score (nSPS) is 17.9. The first-order chi connectivity index (χ1) is 9.10. The molecule has 1 aliphatic heterocycles. The Balaban J connectivity index is 1.95. The van der Waals surface area contributed by atoms with Crippen LogP contribution in [0, 0.1) is 11.8 Å². The van der Waals surface area contributed by atoms with E-state index in [0.29, 0.717) is 0 Å². The maximum Gasteiger partial charge on any atom is 0.119 e. The van der Waals surface area contributed by atoms with Gasteiger partial charge >= 0.3 is 0 Å². The van der Waals surface area contributed by atoms with Gasteiger partial charge in [-0.15, -0.1) is 0 Å². The first-order valence-corrected chi connectivity index (χ1v) is 7.25. The molecule has 1 aliphatic rings. The summed E-state index contributed by atoms with van der Waals surface area (Å²) < 4.78 is 5.27. The zero-order valence-corrected chi connectivity index (χ0v) is 12.4. The molecule has 1 fully saturated rings. The molecule has 0 unspecified atom stereocenters. The molecule has 2 N–H and O–H groups in total. The summed E-state index contributed by atoms with van der Waals surface area (Å²) in [6.07, 6.45) is 2.61. The van der Waals surface area contributed by atoms with E-state index >= 15 is 0 Å². The minimum absolute atomic E-state index is 0.809. The lowest BCUT2D eigenvalue weighted by Crippen LogP contribution is -2.34. The van der Waals surface area contributed by atoms with Gasteiger partial charge in [-0.05, 0) is 61.5 Å². The van der Waals surface area contributed by atoms with Crippen molar-refractivity contribution < 1.29 is 4.74 Å². The zero-order valence-electron chi connectivity index (χ0n) is 12.4. The van der Waals surface area contributed by atoms with E-state index < -0.39 is 0 Å². The van der Waals surface area contributed by atoms with Gasteiger partial charge in [0.1, 0.15) is 5.75 Å². The summed E-state index contributed by atoms with van der Waals surface area (Å²) in [4.78, 5) is 2.50. The summed E-state index contributed by atoms with van der Waals surface area (Å²) >= 11 is 0. The van der Waals surface area contributed by atoms with Crippen molar-refractivity contribution in [1.82, 2.24) is 4.90 Å². The lowest BCUT2D eigenvalue weighted by Gasteiger charge is -2.34. The smallest absolute Gasteiger partial charge is 0.119 e. The molecule has 0 spiro atoms. The molecule has 0 aliphatic carbocycles. The molecule has 1 saturated heterocycles. The highest BCUT2D eigenvalue weighted by Crippen LogP contribution is 2.27.